The van der Waals surface area contributed by atoms with Crippen molar-refractivity contribution in [2.45, 2.75) is 296 Å². The Bertz CT molecular complexity index is 2220. The SMILES string of the molecule is CC/C=C\C/C=C\C/C=C\C/C=C\C/C=C\C/C=C\C/C=C\C/C=C\C/C=C\CCCCCCCCCCCCCC(=O)OC(COC(=O)CCCCCCCCCCCCCC/C=C\C/C=C\C/C=C\C/C=C\C/C=C\C/C=C\CC)COC(OCC[N+](C)(C)C)C(=O)[O-]. The monoisotopic (exact) mass is 1310 g/mol. The number of ether oxygens (including phenoxy) is 4. The number of esters is 2. The van der Waals surface area contributed by atoms with Crippen LogP contribution in [0, 0.1) is 0 Å². The summed E-state index contributed by atoms with van der Waals surface area (Å²) in [6.07, 6.45) is 110. The summed E-state index contributed by atoms with van der Waals surface area (Å²) < 4.78 is 22.8. The van der Waals surface area contributed by atoms with Gasteiger partial charge in [-0.25, -0.2) is 0 Å². The van der Waals surface area contributed by atoms with Gasteiger partial charge in [0.1, 0.15) is 13.2 Å². The average Bonchev–Trinajstić information content (AvgIpc) is 2.92. The molecular formula is C86H139NO8. The van der Waals surface area contributed by atoms with Gasteiger partial charge in [0.25, 0.3) is 0 Å². The summed E-state index contributed by atoms with van der Waals surface area (Å²) in [5.41, 5.74) is 0. The molecule has 0 aliphatic heterocycles. The normalized spacial score (nSPS) is 13.7. The number of hydrogen-bond donors (Lipinski definition) is 0. The third-order valence-electron chi connectivity index (χ3n) is 15.6. The van der Waals surface area contributed by atoms with E-state index in [1.807, 2.05) is 21.1 Å². The van der Waals surface area contributed by atoms with E-state index in [2.05, 4.69) is 196 Å². The number of aliphatic carboxylic acids is 1. The highest BCUT2D eigenvalue weighted by Gasteiger charge is 2.22. The Hall–Kier alpha value is -5.61. The van der Waals surface area contributed by atoms with Gasteiger partial charge in [-0.1, -0.05) is 318 Å². The summed E-state index contributed by atoms with van der Waals surface area (Å²) in [6, 6.07) is 0. The van der Waals surface area contributed by atoms with Crippen molar-refractivity contribution in [2.24, 2.45) is 0 Å². The van der Waals surface area contributed by atoms with Crippen molar-refractivity contribution in [3.05, 3.63) is 182 Å². The molecule has 2 atom stereocenters. The number of rotatable bonds is 68. The van der Waals surface area contributed by atoms with E-state index in [0.29, 0.717) is 17.4 Å². The number of carbonyl (C=O) groups excluding carboxylic acids is 3. The molecule has 0 saturated heterocycles. The minimum atomic E-state index is -1.63. The number of nitrogens with zero attached hydrogens (tertiary/aromatic N) is 1. The molecule has 0 aromatic carbocycles. The Morgan fingerprint density at radius 3 is 0.842 bits per heavy atom. The topological polar surface area (TPSA) is 111 Å². The Kier molecular flexibility index (Phi) is 69.8. The molecule has 0 aliphatic carbocycles. The molecule has 9 nitrogen and oxygen atoms in total. The highest BCUT2D eigenvalue weighted by atomic mass is 16.7. The molecule has 536 valence electrons. The summed E-state index contributed by atoms with van der Waals surface area (Å²) in [6.45, 7) is 4.51. The van der Waals surface area contributed by atoms with Crippen LogP contribution in [-0.4, -0.2) is 82.3 Å². The van der Waals surface area contributed by atoms with E-state index in [9.17, 15) is 19.5 Å². The van der Waals surface area contributed by atoms with E-state index >= 15 is 0 Å². The standard InChI is InChI=1S/C86H139NO8/c1-6-8-10-12-14-16-18-20-22-24-26-28-30-32-34-36-38-39-40-41-42-43-44-45-47-49-51-53-55-57-59-61-63-65-67-69-71-73-75-77-84(89)95-82(81-94-86(85(90)91)92-79-78-87(3,4)5)80-93-83(88)76-74-72-70-68-66-64-62-60-58-56-54-52-50-48-46-37-35-33-31-29-27-25-23-21-19-17-15-13-11-9-7-2/h8-11,14-17,20-23,26-29,32-35,38-39,41-42,44-46,48-49,51,82,86H,6-7,12-13,18-19,24-25,30-31,36-37,40,43,47,50,52-81H2,1-5H3/b10-8-,11-9-,16-14-,17-15-,22-20-,23-21-,28-26-,29-27-,34-32-,35-33-,39-38-,42-41-,45-44-,48-46-,51-49-. The van der Waals surface area contributed by atoms with Gasteiger partial charge >= 0.3 is 11.9 Å². The molecule has 0 amide bonds. The van der Waals surface area contributed by atoms with Crippen LogP contribution in [0.1, 0.15) is 284 Å². The average molecular weight is 1320 g/mol. The van der Waals surface area contributed by atoms with Gasteiger partial charge in [-0.2, -0.15) is 0 Å². The number of likely N-dealkylation sites (N-methyl/N-ethyl adjacent to an activating group) is 1. The molecule has 9 heteroatoms. The molecule has 0 saturated carbocycles. The number of carboxylic acids is 1. The quantitative estimate of drug-likeness (QED) is 0.0195. The molecule has 0 spiro atoms. The summed E-state index contributed by atoms with van der Waals surface area (Å²) in [5, 5.41) is 11.9. The molecule has 0 N–H and O–H groups in total. The Morgan fingerprint density at radius 1 is 0.316 bits per heavy atom. The minimum absolute atomic E-state index is 0.139. The molecule has 0 rings (SSSR count). The number of unbranched alkanes of at least 4 members (excludes halogenated alkanes) is 23. The van der Waals surface area contributed by atoms with Gasteiger partial charge in [-0.3, -0.25) is 9.59 Å². The second kappa shape index (κ2) is 74.2. The number of allylic oxidation sites excluding steroid dienone is 30. The van der Waals surface area contributed by atoms with Crippen LogP contribution < -0.4 is 5.11 Å². The number of carbonyl (C=O) groups is 3. The van der Waals surface area contributed by atoms with E-state index in [0.717, 1.165) is 141 Å². The molecule has 0 aliphatic rings. The lowest BCUT2D eigenvalue weighted by molar-refractivity contribution is -0.870. The Morgan fingerprint density at radius 2 is 0.568 bits per heavy atom. The van der Waals surface area contributed by atoms with Crippen molar-refractivity contribution in [1.29, 1.82) is 0 Å². The lowest BCUT2D eigenvalue weighted by atomic mass is 10.0. The van der Waals surface area contributed by atoms with Crippen molar-refractivity contribution in [3.8, 4) is 0 Å². The second-order valence-corrected chi connectivity index (χ2v) is 25.8. The van der Waals surface area contributed by atoms with Crippen molar-refractivity contribution in [2.75, 3.05) is 47.5 Å². The second-order valence-electron chi connectivity index (χ2n) is 25.8. The van der Waals surface area contributed by atoms with Crippen LogP contribution in [0.25, 0.3) is 0 Å². The number of quaternary nitrogens is 1. The van der Waals surface area contributed by atoms with Gasteiger partial charge in [0.2, 0.25) is 0 Å². The largest absolute Gasteiger partial charge is 0.545 e. The zero-order chi connectivity index (χ0) is 69.0. The minimum Gasteiger partial charge on any atom is -0.545 e. The fourth-order valence-corrected chi connectivity index (χ4v) is 9.95. The maximum atomic E-state index is 13.0. The molecule has 0 bridgehead atoms. The van der Waals surface area contributed by atoms with Gasteiger partial charge in [0.05, 0.1) is 40.3 Å². The van der Waals surface area contributed by atoms with Crippen molar-refractivity contribution >= 4 is 17.9 Å². The van der Waals surface area contributed by atoms with Crippen molar-refractivity contribution in [1.82, 2.24) is 0 Å². The van der Waals surface area contributed by atoms with Crippen LogP contribution in [0.4, 0.5) is 0 Å². The maximum absolute atomic E-state index is 13.0. The molecule has 0 aromatic heterocycles. The Balaban J connectivity index is 4.14. The number of hydrogen-bond acceptors (Lipinski definition) is 8. The van der Waals surface area contributed by atoms with Crippen LogP contribution in [-0.2, 0) is 33.3 Å². The van der Waals surface area contributed by atoms with Crippen LogP contribution in [0.2, 0.25) is 0 Å². The smallest absolute Gasteiger partial charge is 0.306 e. The van der Waals surface area contributed by atoms with Gasteiger partial charge in [0.15, 0.2) is 12.4 Å². The number of carboxylic acid groups (broad SMARTS) is 1. The predicted molar refractivity (Wildman–Crippen MR) is 407 cm³/mol. The molecule has 0 fully saturated rings. The maximum Gasteiger partial charge on any atom is 0.306 e. The Labute approximate surface area is 583 Å². The van der Waals surface area contributed by atoms with Crippen molar-refractivity contribution < 1.29 is 42.9 Å². The van der Waals surface area contributed by atoms with Gasteiger partial charge < -0.3 is 33.3 Å². The lowest BCUT2D eigenvalue weighted by Gasteiger charge is -2.26. The first-order chi connectivity index (χ1) is 46.6. The predicted octanol–water partition coefficient (Wildman–Crippen LogP) is 23.0. The first-order valence-corrected chi connectivity index (χ1v) is 37.9. The van der Waals surface area contributed by atoms with Crippen LogP contribution in [0.15, 0.2) is 182 Å². The van der Waals surface area contributed by atoms with Gasteiger partial charge in [0, 0.05) is 12.8 Å². The molecule has 2 unspecified atom stereocenters. The third kappa shape index (κ3) is 75.6. The van der Waals surface area contributed by atoms with Crippen molar-refractivity contribution in [3.63, 3.8) is 0 Å². The first-order valence-electron chi connectivity index (χ1n) is 37.9. The summed E-state index contributed by atoms with van der Waals surface area (Å²) in [7, 11) is 5.92. The van der Waals surface area contributed by atoms with E-state index in [1.54, 1.807) is 0 Å². The van der Waals surface area contributed by atoms with E-state index < -0.39 is 24.3 Å². The first kappa shape index (κ1) is 89.4. The summed E-state index contributed by atoms with van der Waals surface area (Å²) in [4.78, 5) is 37.6. The molecule has 0 radical (unpaired) electrons. The van der Waals surface area contributed by atoms with Gasteiger partial charge in [-0.15, -0.1) is 0 Å². The van der Waals surface area contributed by atoms with Crippen LogP contribution in [0.3, 0.4) is 0 Å². The zero-order valence-electron chi connectivity index (χ0n) is 61.2. The van der Waals surface area contributed by atoms with E-state index in [-0.39, 0.29) is 38.6 Å². The summed E-state index contributed by atoms with van der Waals surface area (Å²) in [5.74, 6) is -2.30. The van der Waals surface area contributed by atoms with Crippen LogP contribution in [0.5, 0.6) is 0 Å². The molecule has 95 heavy (non-hydrogen) atoms. The fraction of sp³-hybridized carbons (Fsp3) is 0.616. The zero-order valence-corrected chi connectivity index (χ0v) is 61.2. The summed E-state index contributed by atoms with van der Waals surface area (Å²) >= 11 is 0. The highest BCUT2D eigenvalue weighted by Crippen LogP contribution is 2.16. The van der Waals surface area contributed by atoms with Gasteiger partial charge in [-0.05, 0) is 135 Å². The molecule has 0 heterocycles. The van der Waals surface area contributed by atoms with Crippen LogP contribution >= 0.6 is 0 Å². The van der Waals surface area contributed by atoms with E-state index in [4.69, 9.17) is 18.9 Å². The lowest BCUT2D eigenvalue weighted by Crippen LogP contribution is -2.44. The fourth-order valence-electron chi connectivity index (χ4n) is 9.95. The highest BCUT2D eigenvalue weighted by molar-refractivity contribution is 5.70. The molecular weight excluding hydrogens is 1170 g/mol. The van der Waals surface area contributed by atoms with E-state index in [1.165, 1.54) is 109 Å². The third-order valence-corrected chi connectivity index (χ3v) is 15.6. The molecule has 0 aromatic rings.